The molecular weight excluding hydrogens is 231 g/mol. The summed E-state index contributed by atoms with van der Waals surface area (Å²) in [6, 6.07) is 4.53. The van der Waals surface area contributed by atoms with Crippen LogP contribution in [0.4, 0.5) is 13.2 Å². The SMILES string of the molecule is Cc1c(F)cc(F)c(-c2cccc(=O)[nH]2)c1F. The second-order valence-electron chi connectivity index (χ2n) is 3.58. The lowest BCUT2D eigenvalue weighted by Gasteiger charge is -2.08. The van der Waals surface area contributed by atoms with Gasteiger partial charge in [0.15, 0.2) is 0 Å². The van der Waals surface area contributed by atoms with Gasteiger partial charge in [0.2, 0.25) is 5.56 Å². The van der Waals surface area contributed by atoms with Crippen LogP contribution in [0.15, 0.2) is 29.1 Å². The molecule has 1 N–H and O–H groups in total. The largest absolute Gasteiger partial charge is 0.322 e. The van der Waals surface area contributed by atoms with E-state index in [1.165, 1.54) is 25.1 Å². The van der Waals surface area contributed by atoms with Crippen molar-refractivity contribution in [2.75, 3.05) is 0 Å². The summed E-state index contributed by atoms with van der Waals surface area (Å²) in [7, 11) is 0. The fourth-order valence-electron chi connectivity index (χ4n) is 1.53. The van der Waals surface area contributed by atoms with Gasteiger partial charge in [-0.25, -0.2) is 13.2 Å². The van der Waals surface area contributed by atoms with Crippen molar-refractivity contribution in [2.24, 2.45) is 0 Å². The van der Waals surface area contributed by atoms with Gasteiger partial charge in [-0.15, -0.1) is 0 Å². The van der Waals surface area contributed by atoms with Crippen LogP contribution >= 0.6 is 0 Å². The molecule has 0 aliphatic carbocycles. The Hall–Kier alpha value is -2.04. The summed E-state index contributed by atoms with van der Waals surface area (Å²) >= 11 is 0. The Labute approximate surface area is 94.7 Å². The summed E-state index contributed by atoms with van der Waals surface area (Å²) in [6.07, 6.45) is 0. The molecule has 0 amide bonds. The molecule has 0 spiro atoms. The highest BCUT2D eigenvalue weighted by Crippen LogP contribution is 2.27. The zero-order valence-corrected chi connectivity index (χ0v) is 8.85. The van der Waals surface area contributed by atoms with Crippen molar-refractivity contribution in [2.45, 2.75) is 6.92 Å². The fraction of sp³-hybridized carbons (Fsp3) is 0.0833. The summed E-state index contributed by atoms with van der Waals surface area (Å²) in [5.41, 5.74) is -1.22. The Balaban J connectivity index is 2.76. The van der Waals surface area contributed by atoms with E-state index in [0.29, 0.717) is 6.07 Å². The number of H-pyrrole nitrogens is 1. The van der Waals surface area contributed by atoms with E-state index in [2.05, 4.69) is 4.98 Å². The second-order valence-corrected chi connectivity index (χ2v) is 3.58. The molecule has 1 aromatic heterocycles. The predicted molar refractivity (Wildman–Crippen MR) is 57.1 cm³/mol. The molecule has 0 aliphatic heterocycles. The van der Waals surface area contributed by atoms with Crippen LogP contribution in [0.5, 0.6) is 0 Å². The van der Waals surface area contributed by atoms with Crippen molar-refractivity contribution in [3.63, 3.8) is 0 Å². The van der Waals surface area contributed by atoms with Gasteiger partial charge in [0.25, 0.3) is 0 Å². The number of rotatable bonds is 1. The zero-order valence-electron chi connectivity index (χ0n) is 8.85. The molecule has 2 nitrogen and oxygen atoms in total. The van der Waals surface area contributed by atoms with Crippen LogP contribution in [0, 0.1) is 24.4 Å². The Morgan fingerprint density at radius 1 is 1.12 bits per heavy atom. The molecule has 0 saturated carbocycles. The van der Waals surface area contributed by atoms with Gasteiger partial charge in [-0.1, -0.05) is 6.07 Å². The standard InChI is InChI=1S/C12H8F3NO/c1-6-7(13)5-8(14)11(12(6)15)9-3-2-4-10(17)16-9/h2-5H,1H3,(H,16,17). The minimum Gasteiger partial charge on any atom is -0.322 e. The van der Waals surface area contributed by atoms with Gasteiger partial charge in [0.1, 0.15) is 17.5 Å². The Kier molecular flexibility index (Phi) is 2.75. The smallest absolute Gasteiger partial charge is 0.248 e. The van der Waals surface area contributed by atoms with Gasteiger partial charge in [0.05, 0.1) is 11.3 Å². The molecule has 5 heteroatoms. The van der Waals surface area contributed by atoms with Gasteiger partial charge in [0, 0.05) is 17.7 Å². The van der Waals surface area contributed by atoms with E-state index in [1.807, 2.05) is 0 Å². The van der Waals surface area contributed by atoms with Gasteiger partial charge in [-0.3, -0.25) is 4.79 Å². The first-order valence-corrected chi connectivity index (χ1v) is 4.84. The van der Waals surface area contributed by atoms with Crippen LogP contribution in [0.1, 0.15) is 5.56 Å². The minimum absolute atomic E-state index is 0.0180. The monoisotopic (exact) mass is 239 g/mol. The molecule has 2 rings (SSSR count). The Bertz CT molecular complexity index is 634. The normalized spacial score (nSPS) is 10.6. The summed E-state index contributed by atoms with van der Waals surface area (Å²) in [5.74, 6) is -3.01. The van der Waals surface area contributed by atoms with Crippen molar-refractivity contribution >= 4 is 0 Å². The summed E-state index contributed by atoms with van der Waals surface area (Å²) in [5, 5.41) is 0. The molecule has 1 heterocycles. The van der Waals surface area contributed by atoms with E-state index in [1.54, 1.807) is 0 Å². The molecule has 0 radical (unpaired) electrons. The van der Waals surface area contributed by atoms with E-state index in [0.717, 1.165) is 0 Å². The minimum atomic E-state index is -1.05. The first-order chi connectivity index (χ1) is 8.00. The molecule has 0 aliphatic rings. The lowest BCUT2D eigenvalue weighted by Crippen LogP contribution is -2.06. The number of aromatic nitrogens is 1. The quantitative estimate of drug-likeness (QED) is 0.815. The number of hydrogen-bond acceptors (Lipinski definition) is 1. The summed E-state index contributed by atoms with van der Waals surface area (Å²) in [6.45, 7) is 1.20. The van der Waals surface area contributed by atoms with Crippen LogP contribution in [0.2, 0.25) is 0 Å². The van der Waals surface area contributed by atoms with Crippen molar-refractivity contribution in [1.82, 2.24) is 4.98 Å². The average Bonchev–Trinajstić information content (AvgIpc) is 2.26. The van der Waals surface area contributed by atoms with E-state index in [4.69, 9.17) is 0 Å². The maximum Gasteiger partial charge on any atom is 0.248 e. The molecule has 17 heavy (non-hydrogen) atoms. The first kappa shape index (κ1) is 11.4. The molecule has 2 aromatic rings. The molecular formula is C12H8F3NO. The third kappa shape index (κ3) is 1.95. The van der Waals surface area contributed by atoms with Crippen LogP contribution in [-0.2, 0) is 0 Å². The molecule has 0 atom stereocenters. The van der Waals surface area contributed by atoms with Crippen LogP contribution in [-0.4, -0.2) is 4.98 Å². The molecule has 0 bridgehead atoms. The maximum atomic E-state index is 13.7. The zero-order chi connectivity index (χ0) is 12.6. The summed E-state index contributed by atoms with van der Waals surface area (Å²) < 4.78 is 40.3. The van der Waals surface area contributed by atoms with Crippen LogP contribution < -0.4 is 5.56 Å². The first-order valence-electron chi connectivity index (χ1n) is 4.84. The van der Waals surface area contributed by atoms with E-state index in [9.17, 15) is 18.0 Å². The van der Waals surface area contributed by atoms with Crippen molar-refractivity contribution in [3.8, 4) is 11.3 Å². The van der Waals surface area contributed by atoms with Gasteiger partial charge >= 0.3 is 0 Å². The average molecular weight is 239 g/mol. The highest BCUT2D eigenvalue weighted by atomic mass is 19.1. The Morgan fingerprint density at radius 3 is 2.47 bits per heavy atom. The van der Waals surface area contributed by atoms with Gasteiger partial charge in [-0.2, -0.15) is 0 Å². The van der Waals surface area contributed by atoms with Gasteiger partial charge in [-0.05, 0) is 13.0 Å². The van der Waals surface area contributed by atoms with E-state index < -0.39 is 28.6 Å². The predicted octanol–water partition coefficient (Wildman–Crippen LogP) is 2.77. The fourth-order valence-corrected chi connectivity index (χ4v) is 1.53. The molecule has 1 aromatic carbocycles. The van der Waals surface area contributed by atoms with Crippen LogP contribution in [0.25, 0.3) is 11.3 Å². The number of benzene rings is 1. The lowest BCUT2D eigenvalue weighted by atomic mass is 10.1. The third-order valence-corrected chi connectivity index (χ3v) is 2.44. The second kappa shape index (κ2) is 4.08. The number of hydrogen-bond donors (Lipinski definition) is 1. The molecule has 0 fully saturated rings. The summed E-state index contributed by atoms with van der Waals surface area (Å²) in [4.78, 5) is 13.4. The molecule has 0 unspecified atom stereocenters. The van der Waals surface area contributed by atoms with Crippen molar-refractivity contribution < 1.29 is 13.2 Å². The Morgan fingerprint density at radius 2 is 1.82 bits per heavy atom. The number of pyridine rings is 1. The van der Waals surface area contributed by atoms with Gasteiger partial charge < -0.3 is 4.98 Å². The van der Waals surface area contributed by atoms with E-state index >= 15 is 0 Å². The van der Waals surface area contributed by atoms with Crippen molar-refractivity contribution in [1.29, 1.82) is 0 Å². The molecule has 88 valence electrons. The number of halogens is 3. The highest BCUT2D eigenvalue weighted by Gasteiger charge is 2.17. The maximum absolute atomic E-state index is 13.7. The number of nitrogens with one attached hydrogen (secondary N) is 1. The van der Waals surface area contributed by atoms with E-state index in [-0.39, 0.29) is 11.3 Å². The highest BCUT2D eigenvalue weighted by molar-refractivity contribution is 5.61. The molecule has 0 saturated heterocycles. The lowest BCUT2D eigenvalue weighted by molar-refractivity contribution is 0.536. The third-order valence-electron chi connectivity index (χ3n) is 2.44. The van der Waals surface area contributed by atoms with Crippen molar-refractivity contribution in [3.05, 3.63) is 57.6 Å². The number of aromatic amines is 1. The topological polar surface area (TPSA) is 32.9 Å². The van der Waals surface area contributed by atoms with Crippen LogP contribution in [0.3, 0.4) is 0 Å².